The Morgan fingerprint density at radius 3 is 2.35 bits per heavy atom. The number of ether oxygens (including phenoxy) is 1. The van der Waals surface area contributed by atoms with Crippen LogP contribution in [-0.4, -0.2) is 17.8 Å². The molecule has 3 aromatic rings. The van der Waals surface area contributed by atoms with Crippen LogP contribution in [0.2, 0.25) is 0 Å². The zero-order valence-electron chi connectivity index (χ0n) is 12.7. The molecule has 0 bridgehead atoms. The Labute approximate surface area is 142 Å². The summed E-state index contributed by atoms with van der Waals surface area (Å²) in [7, 11) is 0. The van der Waals surface area contributed by atoms with E-state index in [2.05, 4.69) is 18.2 Å². The Morgan fingerprint density at radius 1 is 0.913 bits per heavy atom. The lowest BCUT2D eigenvalue weighted by Gasteiger charge is -2.11. The van der Waals surface area contributed by atoms with Crippen molar-refractivity contribution in [2.45, 2.75) is 12.5 Å². The first-order chi connectivity index (χ1) is 10.8. The Balaban J connectivity index is 0.00000192. The highest BCUT2D eigenvalue weighted by Crippen LogP contribution is 2.29. The number of benzene rings is 3. The SMILES string of the molecule is Cl.NC(CO)Cc1ccc(Oc2cccc3ccccc23)cc1. The lowest BCUT2D eigenvalue weighted by atomic mass is 10.1. The van der Waals surface area contributed by atoms with Crippen molar-refractivity contribution in [2.75, 3.05) is 6.61 Å². The highest BCUT2D eigenvalue weighted by atomic mass is 35.5. The first-order valence-electron chi connectivity index (χ1n) is 7.37. The number of fused-ring (bicyclic) bond motifs is 1. The zero-order valence-corrected chi connectivity index (χ0v) is 13.5. The van der Waals surface area contributed by atoms with Crippen LogP contribution in [-0.2, 0) is 6.42 Å². The minimum Gasteiger partial charge on any atom is -0.457 e. The van der Waals surface area contributed by atoms with Gasteiger partial charge in [-0.25, -0.2) is 0 Å². The summed E-state index contributed by atoms with van der Waals surface area (Å²) in [5.74, 6) is 1.63. The highest BCUT2D eigenvalue weighted by molar-refractivity contribution is 5.88. The van der Waals surface area contributed by atoms with Crippen LogP contribution in [0.3, 0.4) is 0 Å². The fourth-order valence-corrected chi connectivity index (χ4v) is 2.47. The van der Waals surface area contributed by atoms with Crippen LogP contribution in [0.15, 0.2) is 66.7 Å². The Hall–Kier alpha value is -2.07. The molecule has 4 heteroatoms. The van der Waals surface area contributed by atoms with Crippen LogP contribution in [0.1, 0.15) is 5.56 Å². The summed E-state index contributed by atoms with van der Waals surface area (Å²) in [5, 5.41) is 11.2. The molecule has 0 saturated carbocycles. The van der Waals surface area contributed by atoms with E-state index in [9.17, 15) is 0 Å². The van der Waals surface area contributed by atoms with Crippen molar-refractivity contribution in [3.05, 3.63) is 72.3 Å². The van der Waals surface area contributed by atoms with Gasteiger partial charge in [-0.3, -0.25) is 0 Å². The van der Waals surface area contributed by atoms with E-state index >= 15 is 0 Å². The van der Waals surface area contributed by atoms with Gasteiger partial charge >= 0.3 is 0 Å². The molecule has 120 valence electrons. The molecule has 1 unspecified atom stereocenters. The number of hydrogen-bond acceptors (Lipinski definition) is 3. The summed E-state index contributed by atoms with van der Waals surface area (Å²) in [6, 6.07) is 21.8. The van der Waals surface area contributed by atoms with Gasteiger partial charge in [-0.05, 0) is 35.6 Å². The molecule has 3 aromatic carbocycles. The monoisotopic (exact) mass is 329 g/mol. The Morgan fingerprint density at radius 2 is 1.61 bits per heavy atom. The van der Waals surface area contributed by atoms with E-state index in [0.717, 1.165) is 27.8 Å². The molecule has 0 fully saturated rings. The van der Waals surface area contributed by atoms with Crippen molar-refractivity contribution in [3.8, 4) is 11.5 Å². The van der Waals surface area contributed by atoms with Crippen molar-refractivity contribution in [1.82, 2.24) is 0 Å². The molecule has 3 N–H and O–H groups in total. The summed E-state index contributed by atoms with van der Waals surface area (Å²) in [5.41, 5.74) is 6.84. The van der Waals surface area contributed by atoms with E-state index < -0.39 is 0 Å². The minimum absolute atomic E-state index is 0. The molecule has 23 heavy (non-hydrogen) atoms. The second-order valence-electron chi connectivity index (χ2n) is 5.37. The smallest absolute Gasteiger partial charge is 0.135 e. The summed E-state index contributed by atoms with van der Waals surface area (Å²) in [6.45, 7) is -0.00570. The standard InChI is InChI=1S/C19H19NO2.ClH/c20-16(13-21)12-14-8-10-17(11-9-14)22-19-7-3-5-15-4-1-2-6-18(15)19;/h1-11,16,21H,12-13,20H2;1H. The fraction of sp³-hybridized carbons (Fsp3) is 0.158. The van der Waals surface area contributed by atoms with E-state index in [-0.39, 0.29) is 25.1 Å². The summed E-state index contributed by atoms with van der Waals surface area (Å²) in [4.78, 5) is 0. The molecule has 0 saturated heterocycles. The van der Waals surface area contributed by atoms with Gasteiger partial charge in [0.2, 0.25) is 0 Å². The van der Waals surface area contributed by atoms with Gasteiger partial charge in [-0.1, -0.05) is 48.5 Å². The summed E-state index contributed by atoms with van der Waals surface area (Å²) in [6.07, 6.45) is 0.658. The van der Waals surface area contributed by atoms with Crippen LogP contribution in [0.25, 0.3) is 10.8 Å². The summed E-state index contributed by atoms with van der Waals surface area (Å²) < 4.78 is 6.00. The number of nitrogens with two attached hydrogens (primary N) is 1. The number of aliphatic hydroxyl groups excluding tert-OH is 1. The van der Waals surface area contributed by atoms with Crippen LogP contribution in [0.4, 0.5) is 0 Å². The highest BCUT2D eigenvalue weighted by Gasteiger charge is 2.05. The van der Waals surface area contributed by atoms with E-state index in [1.165, 1.54) is 0 Å². The lowest BCUT2D eigenvalue weighted by Crippen LogP contribution is -2.26. The molecule has 0 aliphatic carbocycles. The average molecular weight is 330 g/mol. The van der Waals surface area contributed by atoms with Gasteiger partial charge in [-0.2, -0.15) is 0 Å². The molecular weight excluding hydrogens is 310 g/mol. The summed E-state index contributed by atoms with van der Waals surface area (Å²) >= 11 is 0. The van der Waals surface area contributed by atoms with E-state index in [1.807, 2.05) is 48.5 Å². The fourth-order valence-electron chi connectivity index (χ4n) is 2.47. The maximum Gasteiger partial charge on any atom is 0.135 e. The van der Waals surface area contributed by atoms with Crippen LogP contribution in [0.5, 0.6) is 11.5 Å². The van der Waals surface area contributed by atoms with E-state index in [4.69, 9.17) is 15.6 Å². The zero-order chi connectivity index (χ0) is 15.4. The van der Waals surface area contributed by atoms with Crippen molar-refractivity contribution >= 4 is 23.2 Å². The number of rotatable bonds is 5. The minimum atomic E-state index is -0.218. The molecule has 1 atom stereocenters. The van der Waals surface area contributed by atoms with Crippen LogP contribution >= 0.6 is 12.4 Å². The first-order valence-corrected chi connectivity index (χ1v) is 7.37. The molecule has 0 aromatic heterocycles. The Bertz CT molecular complexity index is 753. The molecule has 0 heterocycles. The van der Waals surface area contributed by atoms with E-state index in [0.29, 0.717) is 6.42 Å². The molecule has 0 amide bonds. The molecule has 3 nitrogen and oxygen atoms in total. The third-order valence-electron chi connectivity index (χ3n) is 3.63. The average Bonchev–Trinajstić information content (AvgIpc) is 2.57. The van der Waals surface area contributed by atoms with Gasteiger partial charge in [0.05, 0.1) is 6.61 Å². The van der Waals surface area contributed by atoms with Crippen molar-refractivity contribution < 1.29 is 9.84 Å². The maximum atomic E-state index is 9.00. The maximum absolute atomic E-state index is 9.00. The largest absolute Gasteiger partial charge is 0.457 e. The van der Waals surface area contributed by atoms with Crippen molar-refractivity contribution in [2.24, 2.45) is 5.73 Å². The van der Waals surface area contributed by atoms with Gasteiger partial charge in [0.15, 0.2) is 0 Å². The second kappa shape index (κ2) is 7.97. The lowest BCUT2D eigenvalue weighted by molar-refractivity contribution is 0.265. The predicted octanol–water partition coefficient (Wildman–Crippen LogP) is 3.92. The molecular formula is C19H20ClNO2. The third kappa shape index (κ3) is 4.23. The Kier molecular flexibility index (Phi) is 5.99. The normalized spacial score (nSPS) is 11.7. The first kappa shape index (κ1) is 17.3. The van der Waals surface area contributed by atoms with Crippen molar-refractivity contribution in [3.63, 3.8) is 0 Å². The van der Waals surface area contributed by atoms with Gasteiger partial charge < -0.3 is 15.6 Å². The van der Waals surface area contributed by atoms with Gasteiger partial charge in [-0.15, -0.1) is 12.4 Å². The third-order valence-corrected chi connectivity index (χ3v) is 3.63. The molecule has 0 aliphatic heterocycles. The molecule has 0 spiro atoms. The number of aliphatic hydroxyl groups is 1. The van der Waals surface area contributed by atoms with Gasteiger partial charge in [0, 0.05) is 11.4 Å². The topological polar surface area (TPSA) is 55.5 Å². The van der Waals surface area contributed by atoms with Crippen LogP contribution < -0.4 is 10.5 Å². The van der Waals surface area contributed by atoms with Crippen LogP contribution in [0, 0.1) is 0 Å². The van der Waals surface area contributed by atoms with Crippen molar-refractivity contribution in [1.29, 1.82) is 0 Å². The van der Waals surface area contributed by atoms with E-state index in [1.54, 1.807) is 0 Å². The number of halogens is 1. The molecule has 0 aliphatic rings. The molecule has 0 radical (unpaired) electrons. The quantitative estimate of drug-likeness (QED) is 0.746. The molecule has 3 rings (SSSR count). The van der Waals surface area contributed by atoms with Gasteiger partial charge in [0.25, 0.3) is 0 Å². The number of hydrogen-bond donors (Lipinski definition) is 2. The van der Waals surface area contributed by atoms with Gasteiger partial charge in [0.1, 0.15) is 11.5 Å². The second-order valence-corrected chi connectivity index (χ2v) is 5.37. The predicted molar refractivity (Wildman–Crippen MR) is 96.5 cm³/mol.